The Kier molecular flexibility index (Phi) is 6.79. The summed E-state index contributed by atoms with van der Waals surface area (Å²) in [6.07, 6.45) is 12.7. The Bertz CT molecular complexity index is 1020. The van der Waals surface area contributed by atoms with Gasteiger partial charge in [-0.1, -0.05) is 18.9 Å². The van der Waals surface area contributed by atoms with E-state index in [-0.39, 0.29) is 0 Å². The number of pyridine rings is 1. The zero-order chi connectivity index (χ0) is 23.4. The van der Waals surface area contributed by atoms with Gasteiger partial charge in [0.05, 0.1) is 6.20 Å². The summed E-state index contributed by atoms with van der Waals surface area (Å²) in [7, 11) is 2.33. The summed E-state index contributed by atoms with van der Waals surface area (Å²) in [5, 5.41) is 15.6. The minimum absolute atomic E-state index is 0.386. The average molecular weight is 451 g/mol. The van der Waals surface area contributed by atoms with Gasteiger partial charge in [-0.2, -0.15) is 0 Å². The van der Waals surface area contributed by atoms with Gasteiger partial charge in [-0.25, -0.2) is 9.59 Å². The number of carboxylic acids is 2. The number of ether oxygens (including phenoxy) is 1. The van der Waals surface area contributed by atoms with Crippen LogP contribution in [0.25, 0.3) is 0 Å². The Hall–Kier alpha value is -3.19. The highest BCUT2D eigenvalue weighted by Gasteiger charge is 2.53. The quantitative estimate of drug-likeness (QED) is 0.671. The summed E-state index contributed by atoms with van der Waals surface area (Å²) >= 11 is 0. The van der Waals surface area contributed by atoms with Crippen molar-refractivity contribution in [3.63, 3.8) is 0 Å². The van der Waals surface area contributed by atoms with Crippen LogP contribution in [0.2, 0.25) is 0 Å². The molecule has 5 rings (SSSR count). The van der Waals surface area contributed by atoms with Gasteiger partial charge in [0.1, 0.15) is 11.5 Å². The van der Waals surface area contributed by atoms with Crippen molar-refractivity contribution in [2.45, 2.75) is 50.0 Å². The molecular formula is C26H30N2O5. The van der Waals surface area contributed by atoms with Crippen molar-refractivity contribution in [2.75, 3.05) is 13.6 Å². The van der Waals surface area contributed by atoms with Crippen LogP contribution in [-0.4, -0.2) is 51.7 Å². The van der Waals surface area contributed by atoms with Crippen LogP contribution >= 0.6 is 0 Å². The summed E-state index contributed by atoms with van der Waals surface area (Å²) in [6.45, 7) is 1.23. The standard InChI is InChI=1S/C22H26N2O.C4H4O4/c1-24-12-10-22-9-3-2-6-19(22)21(24)13-16-7-8-17(14-20(16)22)25-18-5-4-11-23-15-18;5-3(6)1-2-4(7)8/h4-5,7-8,11,14-15,19,21H,2-3,6,9-10,12-13H2,1H3;1-2H,(H,5,6)(H,7,8)/b;2-1+/t19-,21+,22+;/m0./s1. The van der Waals surface area contributed by atoms with Gasteiger partial charge in [0, 0.05) is 29.8 Å². The van der Waals surface area contributed by atoms with Gasteiger partial charge in [-0.3, -0.25) is 4.98 Å². The van der Waals surface area contributed by atoms with Crippen molar-refractivity contribution in [2.24, 2.45) is 5.92 Å². The molecule has 2 aromatic rings. The Morgan fingerprint density at radius 2 is 1.91 bits per heavy atom. The van der Waals surface area contributed by atoms with E-state index in [9.17, 15) is 9.59 Å². The molecule has 0 radical (unpaired) electrons. The highest BCUT2D eigenvalue weighted by atomic mass is 16.5. The van der Waals surface area contributed by atoms with Gasteiger partial charge in [0.2, 0.25) is 0 Å². The molecule has 1 saturated heterocycles. The van der Waals surface area contributed by atoms with Crippen molar-refractivity contribution < 1.29 is 24.5 Å². The molecule has 0 spiro atoms. The second-order valence-corrected chi connectivity index (χ2v) is 9.13. The molecule has 0 amide bonds. The SMILES string of the molecule is CN1CC[C@]23CCCC[C@H]2[C@H]1Cc1ccc(Oc2cccnc2)cc13.O=C(O)/C=C/C(=O)O. The normalized spacial score (nSPS) is 25.8. The number of carbonyl (C=O) groups is 2. The minimum Gasteiger partial charge on any atom is -0.478 e. The monoisotopic (exact) mass is 450 g/mol. The average Bonchev–Trinajstić information content (AvgIpc) is 2.81. The number of aliphatic carboxylic acids is 2. The summed E-state index contributed by atoms with van der Waals surface area (Å²) in [4.78, 5) is 25.9. The number of likely N-dealkylation sites (tertiary alicyclic amines) is 1. The van der Waals surface area contributed by atoms with Crippen LogP contribution in [0, 0.1) is 5.92 Å². The van der Waals surface area contributed by atoms with E-state index in [1.807, 2.05) is 12.1 Å². The lowest BCUT2D eigenvalue weighted by Crippen LogP contribution is -2.59. The molecule has 1 aliphatic heterocycles. The molecule has 0 unspecified atom stereocenters. The van der Waals surface area contributed by atoms with Crippen LogP contribution in [0.4, 0.5) is 0 Å². The fourth-order valence-corrected chi connectivity index (χ4v) is 5.93. The molecule has 1 saturated carbocycles. The molecule has 174 valence electrons. The third-order valence-corrected chi connectivity index (χ3v) is 7.32. The van der Waals surface area contributed by atoms with E-state index in [0.29, 0.717) is 17.6 Å². The highest BCUT2D eigenvalue weighted by Crippen LogP contribution is 2.56. The molecule has 1 aromatic carbocycles. The summed E-state index contributed by atoms with van der Waals surface area (Å²) in [5.74, 6) is 0.0842. The van der Waals surface area contributed by atoms with Crippen LogP contribution < -0.4 is 4.74 Å². The first kappa shape index (κ1) is 23.0. The van der Waals surface area contributed by atoms with Crippen LogP contribution in [0.3, 0.4) is 0 Å². The largest absolute Gasteiger partial charge is 0.478 e. The molecule has 2 aliphatic carbocycles. The fraction of sp³-hybridized carbons (Fsp3) is 0.423. The Morgan fingerprint density at radius 3 is 2.61 bits per heavy atom. The van der Waals surface area contributed by atoms with Crippen molar-refractivity contribution >= 4 is 11.9 Å². The number of fused-ring (bicyclic) bond motifs is 1. The second-order valence-electron chi connectivity index (χ2n) is 9.13. The number of nitrogens with zero attached hydrogens (tertiary/aromatic N) is 2. The van der Waals surface area contributed by atoms with E-state index >= 15 is 0 Å². The predicted octanol–water partition coefficient (Wildman–Crippen LogP) is 4.27. The first-order chi connectivity index (χ1) is 15.9. The van der Waals surface area contributed by atoms with Crippen molar-refractivity contribution in [3.05, 3.63) is 66.0 Å². The molecule has 3 atom stereocenters. The molecule has 7 nitrogen and oxygen atoms in total. The van der Waals surface area contributed by atoms with E-state index in [4.69, 9.17) is 14.9 Å². The molecule has 2 fully saturated rings. The fourth-order valence-electron chi connectivity index (χ4n) is 5.93. The van der Waals surface area contributed by atoms with Crippen molar-refractivity contribution in [3.8, 4) is 11.5 Å². The number of benzene rings is 1. The van der Waals surface area contributed by atoms with Gasteiger partial charge < -0.3 is 19.8 Å². The summed E-state index contributed by atoms with van der Waals surface area (Å²) in [6, 6.07) is 11.4. The van der Waals surface area contributed by atoms with Crippen LogP contribution in [0.5, 0.6) is 11.5 Å². The van der Waals surface area contributed by atoms with E-state index in [1.54, 1.807) is 23.5 Å². The number of rotatable bonds is 4. The number of hydrogen-bond acceptors (Lipinski definition) is 5. The molecule has 7 heteroatoms. The lowest BCUT2D eigenvalue weighted by molar-refractivity contribution is -0.134. The van der Waals surface area contributed by atoms with Gasteiger partial charge in [-0.15, -0.1) is 0 Å². The van der Waals surface area contributed by atoms with E-state index in [1.165, 1.54) is 45.1 Å². The predicted molar refractivity (Wildman–Crippen MR) is 124 cm³/mol. The maximum absolute atomic E-state index is 9.55. The zero-order valence-electron chi connectivity index (χ0n) is 18.8. The van der Waals surface area contributed by atoms with Crippen molar-refractivity contribution in [1.82, 2.24) is 9.88 Å². The third-order valence-electron chi connectivity index (χ3n) is 7.32. The van der Waals surface area contributed by atoms with Crippen molar-refractivity contribution in [1.29, 1.82) is 0 Å². The minimum atomic E-state index is -1.26. The number of piperidine rings is 1. The van der Waals surface area contributed by atoms with Crippen LogP contribution in [-0.2, 0) is 21.4 Å². The van der Waals surface area contributed by atoms with Crippen LogP contribution in [0.1, 0.15) is 43.2 Å². The molecule has 1 aromatic heterocycles. The number of carboxylic acid groups (broad SMARTS) is 2. The zero-order valence-corrected chi connectivity index (χ0v) is 18.8. The second kappa shape index (κ2) is 9.75. The maximum Gasteiger partial charge on any atom is 0.328 e. The lowest BCUT2D eigenvalue weighted by atomic mass is 9.52. The van der Waals surface area contributed by atoms with Gasteiger partial charge in [0.25, 0.3) is 0 Å². The Morgan fingerprint density at radius 1 is 1.12 bits per heavy atom. The summed E-state index contributed by atoms with van der Waals surface area (Å²) < 4.78 is 6.11. The van der Waals surface area contributed by atoms with E-state index in [2.05, 4.69) is 35.1 Å². The number of likely N-dealkylation sites (N-methyl/N-ethyl adjacent to an activating group) is 1. The molecule has 3 aliphatic rings. The maximum atomic E-state index is 9.55. The van der Waals surface area contributed by atoms with Gasteiger partial charge >= 0.3 is 11.9 Å². The van der Waals surface area contributed by atoms with Gasteiger partial charge in [-0.05, 0) is 80.6 Å². The molecule has 2 bridgehead atoms. The third kappa shape index (κ3) is 4.93. The topological polar surface area (TPSA) is 100.0 Å². The first-order valence-corrected chi connectivity index (χ1v) is 11.4. The van der Waals surface area contributed by atoms with E-state index < -0.39 is 11.9 Å². The number of hydrogen-bond donors (Lipinski definition) is 2. The smallest absolute Gasteiger partial charge is 0.328 e. The molecular weight excluding hydrogens is 420 g/mol. The Balaban J connectivity index is 0.000000281. The molecule has 33 heavy (non-hydrogen) atoms. The van der Waals surface area contributed by atoms with E-state index in [0.717, 1.165) is 23.5 Å². The highest BCUT2D eigenvalue weighted by molar-refractivity contribution is 5.89. The van der Waals surface area contributed by atoms with Gasteiger partial charge in [0.15, 0.2) is 0 Å². The van der Waals surface area contributed by atoms with Crippen LogP contribution in [0.15, 0.2) is 54.9 Å². The summed E-state index contributed by atoms with van der Waals surface area (Å²) in [5.41, 5.74) is 3.52. The Labute approximate surface area is 193 Å². The molecule has 2 heterocycles. The molecule has 2 N–H and O–H groups in total. The lowest BCUT2D eigenvalue weighted by Gasteiger charge is -2.58. The first-order valence-electron chi connectivity index (χ1n) is 11.4. The number of aromatic nitrogens is 1.